The first-order valence-electron chi connectivity index (χ1n) is 8.93. The summed E-state index contributed by atoms with van der Waals surface area (Å²) in [4.78, 5) is 20.5. The van der Waals surface area contributed by atoms with E-state index >= 15 is 0 Å². The van der Waals surface area contributed by atoms with Crippen LogP contribution in [0.5, 0.6) is 0 Å². The molecular weight excluding hydrogens is 401 g/mol. The van der Waals surface area contributed by atoms with Crippen LogP contribution in [-0.4, -0.2) is 34.4 Å². The zero-order chi connectivity index (χ0) is 21.2. The molecule has 3 N–H and O–H groups in total. The van der Waals surface area contributed by atoms with E-state index in [2.05, 4.69) is 15.3 Å². The highest BCUT2D eigenvalue weighted by Crippen LogP contribution is 2.43. The van der Waals surface area contributed by atoms with Crippen LogP contribution in [0.4, 0.5) is 18.9 Å². The molecule has 0 spiro atoms. The van der Waals surface area contributed by atoms with Gasteiger partial charge in [0.25, 0.3) is 5.91 Å². The van der Waals surface area contributed by atoms with E-state index in [0.29, 0.717) is 18.5 Å². The lowest BCUT2D eigenvalue weighted by molar-refractivity contribution is 0.102. The molecule has 5 nitrogen and oxygen atoms in total. The second kappa shape index (κ2) is 8.06. The molecule has 2 aromatic rings. The number of thioether (sulfide) groups is 1. The van der Waals surface area contributed by atoms with Crippen LogP contribution in [0.1, 0.15) is 35.8 Å². The molecular formula is C20H21F3N4OS. The lowest BCUT2D eigenvalue weighted by atomic mass is 9.81. The Morgan fingerprint density at radius 2 is 2.03 bits per heavy atom. The third kappa shape index (κ3) is 4.10. The zero-order valence-corrected chi connectivity index (χ0v) is 16.8. The van der Waals surface area contributed by atoms with E-state index in [-0.39, 0.29) is 17.1 Å². The summed E-state index contributed by atoms with van der Waals surface area (Å²) in [5.41, 5.74) is 5.68. The fourth-order valence-corrected chi connectivity index (χ4v) is 3.98. The van der Waals surface area contributed by atoms with Crippen molar-refractivity contribution in [3.63, 3.8) is 0 Å². The monoisotopic (exact) mass is 422 g/mol. The molecule has 0 bridgehead atoms. The molecule has 0 saturated carbocycles. The number of aliphatic imine (C=N–C) groups is 1. The van der Waals surface area contributed by atoms with Gasteiger partial charge in [-0.3, -0.25) is 9.79 Å². The largest absolute Gasteiger partial charge is 0.386 e. The second-order valence-electron chi connectivity index (χ2n) is 7.11. The molecule has 154 valence electrons. The molecule has 29 heavy (non-hydrogen) atoms. The number of nitrogens with zero attached hydrogens (tertiary/aromatic N) is 2. The normalized spacial score (nSPS) is 24.1. The summed E-state index contributed by atoms with van der Waals surface area (Å²) >= 11 is 1.30. The minimum Gasteiger partial charge on any atom is -0.386 e. The van der Waals surface area contributed by atoms with Crippen LogP contribution < -0.4 is 11.1 Å². The molecule has 0 unspecified atom stereocenters. The summed E-state index contributed by atoms with van der Waals surface area (Å²) in [6.45, 7) is 1.08. The molecule has 1 aliphatic heterocycles. The van der Waals surface area contributed by atoms with E-state index in [4.69, 9.17) is 5.73 Å². The van der Waals surface area contributed by atoms with Gasteiger partial charge in [-0.2, -0.15) is 0 Å². The Balaban J connectivity index is 1.90. The predicted molar refractivity (Wildman–Crippen MR) is 109 cm³/mol. The number of amides is 1. The highest BCUT2D eigenvalue weighted by atomic mass is 32.2. The topological polar surface area (TPSA) is 80.4 Å². The number of anilines is 1. The van der Waals surface area contributed by atoms with Crippen LogP contribution in [0.15, 0.2) is 41.5 Å². The highest BCUT2D eigenvalue weighted by molar-refractivity contribution is 8.00. The molecule has 0 radical (unpaired) electrons. The smallest absolute Gasteiger partial charge is 0.274 e. The van der Waals surface area contributed by atoms with Gasteiger partial charge in [0.2, 0.25) is 0 Å². The van der Waals surface area contributed by atoms with E-state index < -0.39 is 34.5 Å². The predicted octanol–water partition coefficient (Wildman–Crippen LogP) is 4.05. The van der Waals surface area contributed by atoms with Gasteiger partial charge in [-0.25, -0.2) is 18.2 Å². The van der Waals surface area contributed by atoms with E-state index in [1.807, 2.05) is 0 Å². The summed E-state index contributed by atoms with van der Waals surface area (Å²) in [6, 6.07) is 6.50. The lowest BCUT2D eigenvalue weighted by Crippen LogP contribution is -2.49. The lowest BCUT2D eigenvalue weighted by Gasteiger charge is -2.40. The maximum Gasteiger partial charge on any atom is 0.274 e. The van der Waals surface area contributed by atoms with Crippen molar-refractivity contribution in [2.45, 2.75) is 30.1 Å². The molecule has 0 aliphatic carbocycles. The van der Waals surface area contributed by atoms with Crippen molar-refractivity contribution >= 4 is 29.2 Å². The number of benzene rings is 1. The van der Waals surface area contributed by atoms with Gasteiger partial charge >= 0.3 is 0 Å². The number of carbonyl (C=O) groups excluding carboxylic acids is 1. The minimum absolute atomic E-state index is 0.0242. The zero-order valence-electron chi connectivity index (χ0n) is 16.0. The van der Waals surface area contributed by atoms with E-state index in [1.54, 1.807) is 13.2 Å². The summed E-state index contributed by atoms with van der Waals surface area (Å²) in [5, 5.41) is 2.62. The summed E-state index contributed by atoms with van der Waals surface area (Å²) < 4.78 is 40.3. The number of pyridine rings is 1. The van der Waals surface area contributed by atoms with Crippen molar-refractivity contribution in [3.05, 3.63) is 59.4 Å². The van der Waals surface area contributed by atoms with Crippen molar-refractivity contribution in [2.75, 3.05) is 18.2 Å². The van der Waals surface area contributed by atoms with Crippen molar-refractivity contribution in [3.8, 4) is 0 Å². The fourth-order valence-electron chi connectivity index (χ4n) is 3.31. The third-order valence-electron chi connectivity index (χ3n) is 5.22. The number of amidine groups is 1. The quantitative estimate of drug-likeness (QED) is 0.762. The van der Waals surface area contributed by atoms with E-state index in [9.17, 15) is 18.0 Å². The Kier molecular flexibility index (Phi) is 5.88. The van der Waals surface area contributed by atoms with Crippen LogP contribution in [0.25, 0.3) is 0 Å². The summed E-state index contributed by atoms with van der Waals surface area (Å²) in [5.74, 6) is -1.47. The molecule has 0 fully saturated rings. The Morgan fingerprint density at radius 3 is 2.62 bits per heavy atom. The number of nitrogens with one attached hydrogen (secondary N) is 1. The molecule has 1 amide bonds. The van der Waals surface area contributed by atoms with Gasteiger partial charge < -0.3 is 11.1 Å². The van der Waals surface area contributed by atoms with Gasteiger partial charge in [0.15, 0.2) is 0 Å². The summed E-state index contributed by atoms with van der Waals surface area (Å²) in [6.07, 6.45) is 3.51. The van der Waals surface area contributed by atoms with Crippen LogP contribution in [-0.2, 0) is 5.54 Å². The van der Waals surface area contributed by atoms with Crippen LogP contribution in [0, 0.1) is 11.6 Å². The minimum atomic E-state index is -0.989. The number of carbonyl (C=O) groups is 1. The molecule has 1 aromatic heterocycles. The van der Waals surface area contributed by atoms with Crippen LogP contribution >= 0.6 is 11.8 Å². The number of hydrogen-bond donors (Lipinski definition) is 2. The fraction of sp³-hybridized carbons (Fsp3) is 0.350. The Morgan fingerprint density at radius 1 is 1.28 bits per heavy atom. The SMILES string of the molecule is CS[C@]1(CF)CC[C@@](C)(c2cc(NC(=O)c3ccc(F)cn3)ccc2F)N=C1N. The van der Waals surface area contributed by atoms with Gasteiger partial charge in [-0.05, 0) is 56.4 Å². The van der Waals surface area contributed by atoms with Gasteiger partial charge in [0, 0.05) is 11.3 Å². The van der Waals surface area contributed by atoms with Crippen LogP contribution in [0.2, 0.25) is 0 Å². The number of nitrogens with two attached hydrogens (primary N) is 1. The average molecular weight is 422 g/mol. The molecule has 0 saturated heterocycles. The highest BCUT2D eigenvalue weighted by Gasteiger charge is 2.44. The molecule has 1 aromatic carbocycles. The van der Waals surface area contributed by atoms with Crippen molar-refractivity contribution < 1.29 is 18.0 Å². The van der Waals surface area contributed by atoms with Crippen molar-refractivity contribution in [1.82, 2.24) is 4.98 Å². The maximum absolute atomic E-state index is 14.6. The molecule has 2 heterocycles. The first kappa shape index (κ1) is 21.2. The van der Waals surface area contributed by atoms with Crippen molar-refractivity contribution in [1.29, 1.82) is 0 Å². The maximum atomic E-state index is 14.6. The first-order valence-corrected chi connectivity index (χ1v) is 10.2. The van der Waals surface area contributed by atoms with E-state index in [0.717, 1.165) is 12.3 Å². The standard InChI is InChI=1S/C20H21F3N4OS/c1-19(7-8-20(11-21,29-2)18(24)27-19)14-9-13(4-5-15(14)23)26-17(28)16-6-3-12(22)10-25-16/h3-6,9-10H,7-8,11H2,1-2H3,(H2,24,27)(H,26,28)/t19-,20-/m0/s1. The number of alkyl halides is 1. The van der Waals surface area contributed by atoms with Gasteiger partial charge in [0.05, 0.1) is 11.7 Å². The van der Waals surface area contributed by atoms with Gasteiger partial charge in [0.1, 0.15) is 34.6 Å². The third-order valence-corrected chi connectivity index (χ3v) is 6.52. The number of hydrogen-bond acceptors (Lipinski definition) is 5. The van der Waals surface area contributed by atoms with Crippen molar-refractivity contribution in [2.24, 2.45) is 10.7 Å². The van der Waals surface area contributed by atoms with Gasteiger partial charge in [-0.15, -0.1) is 11.8 Å². The Labute approximate surface area is 171 Å². The number of halogens is 3. The number of rotatable bonds is 5. The average Bonchev–Trinajstić information content (AvgIpc) is 2.70. The second-order valence-corrected chi connectivity index (χ2v) is 8.30. The Bertz CT molecular complexity index is 947. The molecule has 2 atom stereocenters. The molecule has 1 aliphatic rings. The first-order chi connectivity index (χ1) is 13.7. The molecule has 3 rings (SSSR count). The van der Waals surface area contributed by atoms with Crippen LogP contribution in [0.3, 0.4) is 0 Å². The van der Waals surface area contributed by atoms with E-state index in [1.165, 1.54) is 36.0 Å². The molecule has 9 heteroatoms. The summed E-state index contributed by atoms with van der Waals surface area (Å²) in [7, 11) is 0. The number of aromatic nitrogens is 1. The van der Waals surface area contributed by atoms with Gasteiger partial charge in [-0.1, -0.05) is 0 Å². The Hall–Kier alpha value is -2.55.